The number of ether oxygens (including phenoxy) is 1. The lowest BCUT2D eigenvalue weighted by molar-refractivity contribution is -0.145. The Morgan fingerprint density at radius 1 is 1.22 bits per heavy atom. The molecule has 2 N–H and O–H groups in total. The summed E-state index contributed by atoms with van der Waals surface area (Å²) in [5.74, 6) is -0.861. The van der Waals surface area contributed by atoms with Crippen molar-refractivity contribution >= 4 is 23.5 Å². The van der Waals surface area contributed by atoms with E-state index in [1.165, 1.54) is 0 Å². The molecule has 0 bridgehead atoms. The maximum absolute atomic E-state index is 12.5. The van der Waals surface area contributed by atoms with Gasteiger partial charge < -0.3 is 15.2 Å². The van der Waals surface area contributed by atoms with Crippen LogP contribution in [0.4, 0.5) is 0 Å². The van der Waals surface area contributed by atoms with Crippen molar-refractivity contribution in [2.45, 2.75) is 50.7 Å². The van der Waals surface area contributed by atoms with Crippen molar-refractivity contribution in [3.05, 3.63) is 28.8 Å². The molecular weight excluding hydrogens is 318 g/mol. The van der Waals surface area contributed by atoms with Gasteiger partial charge in [-0.05, 0) is 56.7 Å². The zero-order chi connectivity index (χ0) is 16.4. The molecule has 5 nitrogen and oxygen atoms in total. The Labute approximate surface area is 140 Å². The summed E-state index contributed by atoms with van der Waals surface area (Å²) >= 11 is 6.01. The second kappa shape index (κ2) is 6.79. The number of carboxylic acids is 1. The molecule has 0 heterocycles. The summed E-state index contributed by atoms with van der Waals surface area (Å²) in [4.78, 5) is 23.3. The van der Waals surface area contributed by atoms with Gasteiger partial charge in [-0.3, -0.25) is 9.59 Å². The van der Waals surface area contributed by atoms with Gasteiger partial charge in [0.15, 0.2) is 0 Å². The predicted octanol–water partition coefficient (Wildman–Crippen LogP) is 3.25. The molecule has 23 heavy (non-hydrogen) atoms. The quantitative estimate of drug-likeness (QED) is 0.864. The number of hydrogen-bond donors (Lipinski definition) is 2. The average Bonchev–Trinajstić information content (AvgIpc) is 2.96. The first kappa shape index (κ1) is 16.1. The molecule has 0 spiro atoms. The fourth-order valence-electron chi connectivity index (χ4n) is 3.17. The van der Waals surface area contributed by atoms with Gasteiger partial charge in [-0.2, -0.15) is 0 Å². The molecule has 0 aliphatic heterocycles. The highest BCUT2D eigenvalue weighted by atomic mass is 35.5. The van der Waals surface area contributed by atoms with E-state index in [0.29, 0.717) is 29.2 Å². The number of benzene rings is 1. The van der Waals surface area contributed by atoms with E-state index in [4.69, 9.17) is 21.4 Å². The lowest BCUT2D eigenvalue weighted by Gasteiger charge is -2.33. The molecular formula is C17H20ClNO4. The van der Waals surface area contributed by atoms with Gasteiger partial charge in [0.25, 0.3) is 5.91 Å². The van der Waals surface area contributed by atoms with Crippen LogP contribution >= 0.6 is 11.6 Å². The standard InChI is InChI=1S/C17H20ClNO4/c18-11-5-6-15(23-13-3-1-2-4-13)14(9-11)16(20)19-12-7-10(8-12)17(21)22/h5-6,9-10,12-13H,1-4,7-8H2,(H,19,20)(H,21,22). The number of carbonyl (C=O) groups is 2. The monoisotopic (exact) mass is 337 g/mol. The molecule has 124 valence electrons. The number of aliphatic carboxylic acids is 1. The second-order valence-corrected chi connectivity index (χ2v) is 6.78. The van der Waals surface area contributed by atoms with Crippen molar-refractivity contribution in [3.63, 3.8) is 0 Å². The smallest absolute Gasteiger partial charge is 0.306 e. The highest BCUT2D eigenvalue weighted by Gasteiger charge is 2.35. The maximum Gasteiger partial charge on any atom is 0.306 e. The number of rotatable bonds is 5. The number of carbonyl (C=O) groups excluding carboxylic acids is 1. The summed E-state index contributed by atoms with van der Waals surface area (Å²) in [6, 6.07) is 4.96. The Hall–Kier alpha value is -1.75. The maximum atomic E-state index is 12.5. The van der Waals surface area contributed by atoms with E-state index in [9.17, 15) is 9.59 Å². The highest BCUT2D eigenvalue weighted by molar-refractivity contribution is 6.31. The zero-order valence-electron chi connectivity index (χ0n) is 12.8. The van der Waals surface area contributed by atoms with E-state index in [-0.39, 0.29) is 24.0 Å². The van der Waals surface area contributed by atoms with Crippen molar-refractivity contribution in [2.75, 3.05) is 0 Å². The van der Waals surface area contributed by atoms with Gasteiger partial charge in [0.2, 0.25) is 0 Å². The van der Waals surface area contributed by atoms with Gasteiger partial charge in [0.05, 0.1) is 17.6 Å². The van der Waals surface area contributed by atoms with Crippen LogP contribution in [0.25, 0.3) is 0 Å². The molecule has 1 aromatic carbocycles. The molecule has 2 fully saturated rings. The lowest BCUT2D eigenvalue weighted by Crippen LogP contribution is -2.46. The molecule has 0 unspecified atom stereocenters. The van der Waals surface area contributed by atoms with Gasteiger partial charge in [-0.1, -0.05) is 11.6 Å². The van der Waals surface area contributed by atoms with Gasteiger partial charge in [0, 0.05) is 11.1 Å². The summed E-state index contributed by atoms with van der Waals surface area (Å²) in [5, 5.41) is 12.2. The molecule has 2 aliphatic rings. The van der Waals surface area contributed by atoms with E-state index in [0.717, 1.165) is 25.7 Å². The molecule has 2 aliphatic carbocycles. The SMILES string of the molecule is O=C(NC1CC(C(=O)O)C1)c1cc(Cl)ccc1OC1CCCC1. The molecule has 2 saturated carbocycles. The first-order valence-electron chi connectivity index (χ1n) is 8.03. The van der Waals surface area contributed by atoms with Crippen LogP contribution in [0.2, 0.25) is 5.02 Å². The molecule has 0 saturated heterocycles. The van der Waals surface area contributed by atoms with Gasteiger partial charge in [-0.15, -0.1) is 0 Å². The number of amides is 1. The van der Waals surface area contributed by atoms with E-state index < -0.39 is 5.97 Å². The van der Waals surface area contributed by atoms with Crippen LogP contribution in [0.15, 0.2) is 18.2 Å². The average molecular weight is 338 g/mol. The number of hydrogen-bond acceptors (Lipinski definition) is 3. The first-order chi connectivity index (χ1) is 11.0. The first-order valence-corrected chi connectivity index (χ1v) is 8.40. The Balaban J connectivity index is 1.66. The lowest BCUT2D eigenvalue weighted by atomic mass is 9.80. The van der Waals surface area contributed by atoms with Crippen molar-refractivity contribution < 1.29 is 19.4 Å². The topological polar surface area (TPSA) is 75.6 Å². The third-order valence-corrected chi connectivity index (χ3v) is 4.84. The van der Waals surface area contributed by atoms with Crippen molar-refractivity contribution in [2.24, 2.45) is 5.92 Å². The van der Waals surface area contributed by atoms with Crippen molar-refractivity contribution in [3.8, 4) is 5.75 Å². The summed E-state index contributed by atoms with van der Waals surface area (Å²) in [6.07, 6.45) is 5.42. The van der Waals surface area contributed by atoms with Crippen molar-refractivity contribution in [1.29, 1.82) is 0 Å². The summed E-state index contributed by atoms with van der Waals surface area (Å²) in [5.41, 5.74) is 0.420. The molecule has 6 heteroatoms. The Morgan fingerprint density at radius 3 is 2.57 bits per heavy atom. The molecule has 0 aromatic heterocycles. The second-order valence-electron chi connectivity index (χ2n) is 6.34. The fourth-order valence-corrected chi connectivity index (χ4v) is 3.34. The molecule has 1 amide bonds. The zero-order valence-corrected chi connectivity index (χ0v) is 13.5. The number of halogens is 1. The van der Waals surface area contributed by atoms with Crippen LogP contribution in [-0.2, 0) is 4.79 Å². The van der Waals surface area contributed by atoms with Crippen LogP contribution in [0.3, 0.4) is 0 Å². The Morgan fingerprint density at radius 2 is 1.91 bits per heavy atom. The van der Waals surface area contributed by atoms with Crippen LogP contribution in [0.5, 0.6) is 5.75 Å². The van der Waals surface area contributed by atoms with E-state index in [1.807, 2.05) is 0 Å². The van der Waals surface area contributed by atoms with Gasteiger partial charge >= 0.3 is 5.97 Å². The third-order valence-electron chi connectivity index (χ3n) is 4.60. The largest absolute Gasteiger partial charge is 0.490 e. The number of carboxylic acid groups (broad SMARTS) is 1. The number of nitrogens with one attached hydrogen (secondary N) is 1. The minimum Gasteiger partial charge on any atom is -0.490 e. The summed E-state index contributed by atoms with van der Waals surface area (Å²) in [6.45, 7) is 0. The van der Waals surface area contributed by atoms with Crippen molar-refractivity contribution in [1.82, 2.24) is 5.32 Å². The van der Waals surface area contributed by atoms with E-state index >= 15 is 0 Å². The van der Waals surface area contributed by atoms with Gasteiger partial charge in [-0.25, -0.2) is 0 Å². The minimum absolute atomic E-state index is 0.0955. The third kappa shape index (κ3) is 3.78. The van der Waals surface area contributed by atoms with Crippen LogP contribution < -0.4 is 10.1 Å². The van der Waals surface area contributed by atoms with E-state index in [2.05, 4.69) is 5.32 Å². The molecule has 1 aromatic rings. The Kier molecular flexibility index (Phi) is 4.76. The van der Waals surface area contributed by atoms with Crippen LogP contribution in [0, 0.1) is 5.92 Å². The summed E-state index contributed by atoms with van der Waals surface area (Å²) in [7, 11) is 0. The molecule has 0 radical (unpaired) electrons. The van der Waals surface area contributed by atoms with Gasteiger partial charge in [0.1, 0.15) is 5.75 Å². The van der Waals surface area contributed by atoms with Crippen LogP contribution in [0.1, 0.15) is 48.9 Å². The normalized spacial score (nSPS) is 24.0. The molecule has 0 atom stereocenters. The predicted molar refractivity (Wildman–Crippen MR) is 86.0 cm³/mol. The Bertz CT molecular complexity index is 607. The highest BCUT2D eigenvalue weighted by Crippen LogP contribution is 2.31. The minimum atomic E-state index is -0.802. The molecule has 3 rings (SSSR count). The van der Waals surface area contributed by atoms with E-state index in [1.54, 1.807) is 18.2 Å². The fraction of sp³-hybridized carbons (Fsp3) is 0.529. The van der Waals surface area contributed by atoms with Crippen LogP contribution in [-0.4, -0.2) is 29.1 Å². The summed E-state index contributed by atoms with van der Waals surface area (Å²) < 4.78 is 5.96.